The number of carbonyl (C=O) groups excluding carboxylic acids is 1. The Balaban J connectivity index is 2.74. The predicted molar refractivity (Wildman–Crippen MR) is 68.3 cm³/mol. The molecule has 0 radical (unpaired) electrons. The van der Waals surface area contributed by atoms with Crippen LogP contribution in [0.5, 0.6) is 0 Å². The van der Waals surface area contributed by atoms with Crippen molar-refractivity contribution < 1.29 is 9.18 Å². The topological polar surface area (TPSA) is 29.1 Å². The van der Waals surface area contributed by atoms with Crippen molar-refractivity contribution in [1.29, 1.82) is 0 Å². The van der Waals surface area contributed by atoms with Crippen molar-refractivity contribution in [2.24, 2.45) is 0 Å². The summed E-state index contributed by atoms with van der Waals surface area (Å²) in [6.07, 6.45) is 3.52. The number of rotatable bonds is 4. The Morgan fingerprint density at radius 3 is 2.88 bits per heavy atom. The lowest BCUT2D eigenvalue weighted by Crippen LogP contribution is -2.30. The molecule has 92 valence electrons. The molecule has 1 amide bonds. The summed E-state index contributed by atoms with van der Waals surface area (Å²) in [4.78, 5) is 11.4. The molecule has 0 fully saturated rings. The highest BCUT2D eigenvalue weighted by Gasteiger charge is 2.05. The molecule has 1 aromatic rings. The molecular formula is C13H15ClFNO. The lowest BCUT2D eigenvalue weighted by Gasteiger charge is -2.08. The molecule has 1 atom stereocenters. The van der Waals surface area contributed by atoms with E-state index in [2.05, 4.69) is 5.32 Å². The SMILES string of the molecule is CCC(C)NC(=O)C=Cc1c(F)cccc1Cl. The van der Waals surface area contributed by atoms with Gasteiger partial charge in [-0.3, -0.25) is 4.79 Å². The van der Waals surface area contributed by atoms with Gasteiger partial charge in [0.2, 0.25) is 5.91 Å². The lowest BCUT2D eigenvalue weighted by molar-refractivity contribution is -0.117. The van der Waals surface area contributed by atoms with Gasteiger partial charge in [-0.2, -0.15) is 0 Å². The second kappa shape index (κ2) is 6.40. The molecule has 0 bridgehead atoms. The summed E-state index contributed by atoms with van der Waals surface area (Å²) in [6, 6.07) is 4.51. The van der Waals surface area contributed by atoms with E-state index in [1.807, 2.05) is 13.8 Å². The van der Waals surface area contributed by atoms with Gasteiger partial charge in [0.1, 0.15) is 5.82 Å². The molecule has 0 saturated heterocycles. The van der Waals surface area contributed by atoms with Crippen LogP contribution in [0.4, 0.5) is 4.39 Å². The fraction of sp³-hybridized carbons (Fsp3) is 0.308. The number of benzene rings is 1. The first-order valence-electron chi connectivity index (χ1n) is 5.47. The molecule has 0 aliphatic rings. The molecule has 1 N–H and O–H groups in total. The van der Waals surface area contributed by atoms with E-state index in [4.69, 9.17) is 11.6 Å². The normalized spacial score (nSPS) is 12.7. The maximum Gasteiger partial charge on any atom is 0.244 e. The lowest BCUT2D eigenvalue weighted by atomic mass is 10.2. The number of amides is 1. The molecule has 2 nitrogen and oxygen atoms in total. The average molecular weight is 256 g/mol. The van der Waals surface area contributed by atoms with Crippen LogP contribution < -0.4 is 5.32 Å². The summed E-state index contributed by atoms with van der Waals surface area (Å²) >= 11 is 5.82. The van der Waals surface area contributed by atoms with Gasteiger partial charge < -0.3 is 5.32 Å². The van der Waals surface area contributed by atoms with Gasteiger partial charge in [-0.25, -0.2) is 4.39 Å². The van der Waals surface area contributed by atoms with Gasteiger partial charge in [-0.05, 0) is 31.6 Å². The van der Waals surface area contributed by atoms with E-state index < -0.39 is 5.82 Å². The van der Waals surface area contributed by atoms with Crippen molar-refractivity contribution in [3.8, 4) is 0 Å². The van der Waals surface area contributed by atoms with Crippen molar-refractivity contribution in [2.45, 2.75) is 26.3 Å². The smallest absolute Gasteiger partial charge is 0.244 e. The molecule has 0 saturated carbocycles. The Hall–Kier alpha value is -1.35. The molecule has 17 heavy (non-hydrogen) atoms. The van der Waals surface area contributed by atoms with Crippen molar-refractivity contribution in [2.75, 3.05) is 0 Å². The third-order valence-corrected chi connectivity index (χ3v) is 2.73. The third kappa shape index (κ3) is 4.19. The van der Waals surface area contributed by atoms with Crippen LogP contribution in [0.1, 0.15) is 25.8 Å². The Bertz CT molecular complexity index is 411. The number of hydrogen-bond acceptors (Lipinski definition) is 1. The molecule has 1 aromatic carbocycles. The Morgan fingerprint density at radius 2 is 2.29 bits per heavy atom. The van der Waals surface area contributed by atoms with Crippen LogP contribution in [0.3, 0.4) is 0 Å². The Labute approximate surface area is 105 Å². The first-order chi connectivity index (χ1) is 8.04. The van der Waals surface area contributed by atoms with Crippen molar-refractivity contribution >= 4 is 23.6 Å². The largest absolute Gasteiger partial charge is 0.350 e. The zero-order valence-corrected chi connectivity index (χ0v) is 10.6. The number of carbonyl (C=O) groups is 1. The molecule has 1 unspecified atom stereocenters. The summed E-state index contributed by atoms with van der Waals surface area (Å²) in [7, 11) is 0. The second-order valence-corrected chi connectivity index (χ2v) is 4.19. The number of hydrogen-bond donors (Lipinski definition) is 1. The van der Waals surface area contributed by atoms with E-state index in [0.717, 1.165) is 6.42 Å². The van der Waals surface area contributed by atoms with Gasteiger partial charge in [-0.1, -0.05) is 24.6 Å². The van der Waals surface area contributed by atoms with Crippen LogP contribution in [-0.2, 0) is 4.79 Å². The van der Waals surface area contributed by atoms with E-state index in [1.54, 1.807) is 6.07 Å². The highest BCUT2D eigenvalue weighted by Crippen LogP contribution is 2.20. The van der Waals surface area contributed by atoms with Gasteiger partial charge in [0.15, 0.2) is 0 Å². The van der Waals surface area contributed by atoms with Gasteiger partial charge in [0.25, 0.3) is 0 Å². The summed E-state index contributed by atoms with van der Waals surface area (Å²) in [5.74, 6) is -0.691. The van der Waals surface area contributed by atoms with Crippen LogP contribution in [0.25, 0.3) is 6.08 Å². The van der Waals surface area contributed by atoms with E-state index in [9.17, 15) is 9.18 Å². The molecule has 4 heteroatoms. The third-order valence-electron chi connectivity index (χ3n) is 2.40. The fourth-order valence-electron chi connectivity index (χ4n) is 1.22. The minimum absolute atomic E-state index is 0.100. The molecule has 0 spiro atoms. The highest BCUT2D eigenvalue weighted by molar-refractivity contribution is 6.32. The zero-order valence-electron chi connectivity index (χ0n) is 9.84. The van der Waals surface area contributed by atoms with Crippen LogP contribution in [0.2, 0.25) is 5.02 Å². The van der Waals surface area contributed by atoms with Crippen molar-refractivity contribution in [3.63, 3.8) is 0 Å². The van der Waals surface area contributed by atoms with Crippen molar-refractivity contribution in [1.82, 2.24) is 5.32 Å². The average Bonchev–Trinajstić information content (AvgIpc) is 2.28. The van der Waals surface area contributed by atoms with Crippen LogP contribution in [0, 0.1) is 5.82 Å². The molecule has 0 aliphatic heterocycles. The number of halogens is 2. The van der Waals surface area contributed by atoms with Crippen LogP contribution in [-0.4, -0.2) is 11.9 Å². The Morgan fingerprint density at radius 1 is 1.59 bits per heavy atom. The maximum absolute atomic E-state index is 13.4. The molecular weight excluding hydrogens is 241 g/mol. The molecule has 0 aliphatic carbocycles. The van der Waals surface area contributed by atoms with Crippen molar-refractivity contribution in [3.05, 3.63) is 40.7 Å². The quantitative estimate of drug-likeness (QED) is 0.821. The van der Waals surface area contributed by atoms with E-state index >= 15 is 0 Å². The van der Waals surface area contributed by atoms with E-state index in [1.165, 1.54) is 24.3 Å². The summed E-state index contributed by atoms with van der Waals surface area (Å²) in [5.41, 5.74) is 0.230. The van der Waals surface area contributed by atoms with Crippen LogP contribution >= 0.6 is 11.6 Å². The molecule has 0 heterocycles. The molecule has 0 aromatic heterocycles. The number of nitrogens with one attached hydrogen (secondary N) is 1. The fourth-order valence-corrected chi connectivity index (χ4v) is 1.45. The molecule has 1 rings (SSSR count). The minimum atomic E-state index is -0.440. The van der Waals surface area contributed by atoms with E-state index in [0.29, 0.717) is 0 Å². The summed E-state index contributed by atoms with van der Waals surface area (Å²) in [5, 5.41) is 3.04. The second-order valence-electron chi connectivity index (χ2n) is 3.79. The monoisotopic (exact) mass is 255 g/mol. The first kappa shape index (κ1) is 13.7. The minimum Gasteiger partial charge on any atom is -0.350 e. The predicted octanol–water partition coefficient (Wildman–Crippen LogP) is 3.41. The maximum atomic E-state index is 13.4. The highest BCUT2D eigenvalue weighted by atomic mass is 35.5. The van der Waals surface area contributed by atoms with Gasteiger partial charge in [0.05, 0.1) is 5.02 Å². The first-order valence-corrected chi connectivity index (χ1v) is 5.85. The summed E-state index contributed by atoms with van der Waals surface area (Å²) in [6.45, 7) is 3.88. The Kier molecular flexibility index (Phi) is 5.16. The summed E-state index contributed by atoms with van der Waals surface area (Å²) < 4.78 is 13.4. The van der Waals surface area contributed by atoms with E-state index in [-0.39, 0.29) is 22.5 Å². The van der Waals surface area contributed by atoms with Crippen LogP contribution in [0.15, 0.2) is 24.3 Å². The van der Waals surface area contributed by atoms with Gasteiger partial charge in [0, 0.05) is 17.7 Å². The van der Waals surface area contributed by atoms with Gasteiger partial charge >= 0.3 is 0 Å². The zero-order chi connectivity index (χ0) is 12.8. The standard InChI is InChI=1S/C13H15ClFNO/c1-3-9(2)16-13(17)8-7-10-11(14)5-4-6-12(10)15/h4-9H,3H2,1-2H3,(H,16,17). The van der Waals surface area contributed by atoms with Gasteiger partial charge in [-0.15, -0.1) is 0 Å².